The number of benzene rings is 1. The Labute approximate surface area is 115 Å². The van der Waals surface area contributed by atoms with E-state index in [9.17, 15) is 10.1 Å². The van der Waals surface area contributed by atoms with Crippen molar-refractivity contribution in [1.29, 1.82) is 0 Å². The third-order valence-corrected chi connectivity index (χ3v) is 3.44. The van der Waals surface area contributed by atoms with Gasteiger partial charge >= 0.3 is 0 Å². The predicted octanol–water partition coefficient (Wildman–Crippen LogP) is 2.40. The second-order valence-corrected chi connectivity index (χ2v) is 5.13. The molecule has 5 nitrogen and oxygen atoms in total. The van der Waals surface area contributed by atoms with Gasteiger partial charge in [0.1, 0.15) is 0 Å². The highest BCUT2D eigenvalue weighted by Crippen LogP contribution is 2.27. The van der Waals surface area contributed by atoms with Crippen LogP contribution < -0.4 is 5.32 Å². The van der Waals surface area contributed by atoms with Crippen LogP contribution in [0.4, 0.5) is 5.69 Å². The zero-order chi connectivity index (χ0) is 13.5. The lowest BCUT2D eigenvalue weighted by Gasteiger charge is -2.10. The minimum Gasteiger partial charge on any atom is -0.313 e. The first-order valence-electron chi connectivity index (χ1n) is 5.79. The van der Waals surface area contributed by atoms with Crippen molar-refractivity contribution >= 4 is 21.6 Å². The molecule has 1 rings (SSSR count). The molecule has 100 valence electrons. The predicted molar refractivity (Wildman–Crippen MR) is 75.7 cm³/mol. The van der Waals surface area contributed by atoms with Gasteiger partial charge in [0.05, 0.1) is 9.40 Å². The van der Waals surface area contributed by atoms with Crippen molar-refractivity contribution in [2.45, 2.75) is 13.0 Å². The van der Waals surface area contributed by atoms with Gasteiger partial charge in [-0.05, 0) is 55.1 Å². The number of rotatable bonds is 7. The van der Waals surface area contributed by atoms with Crippen molar-refractivity contribution in [2.75, 3.05) is 27.2 Å². The smallest absolute Gasteiger partial charge is 0.283 e. The van der Waals surface area contributed by atoms with Crippen LogP contribution in [0.5, 0.6) is 0 Å². The van der Waals surface area contributed by atoms with Crippen LogP contribution in [0.3, 0.4) is 0 Å². The molecule has 0 bridgehead atoms. The summed E-state index contributed by atoms with van der Waals surface area (Å²) in [5.41, 5.74) is 1.02. The van der Waals surface area contributed by atoms with E-state index in [2.05, 4.69) is 26.1 Å². The molecule has 0 fully saturated rings. The second kappa shape index (κ2) is 7.45. The van der Waals surface area contributed by atoms with E-state index in [0.717, 1.165) is 25.1 Å². The molecule has 0 amide bonds. The van der Waals surface area contributed by atoms with Crippen molar-refractivity contribution in [3.05, 3.63) is 38.3 Å². The van der Waals surface area contributed by atoms with Crippen LogP contribution in [0.2, 0.25) is 0 Å². The van der Waals surface area contributed by atoms with Crippen LogP contribution >= 0.6 is 15.9 Å². The molecule has 0 radical (unpaired) electrons. The van der Waals surface area contributed by atoms with E-state index in [0.29, 0.717) is 11.0 Å². The highest BCUT2D eigenvalue weighted by Gasteiger charge is 2.14. The standard InChI is InChI=1S/C12H18BrN3O2/c1-15(2)8-4-7-14-9-10-5-3-6-11(12(10)13)16(17)18/h3,5-6,14H,4,7-9H2,1-2H3. The molecule has 0 unspecified atom stereocenters. The van der Waals surface area contributed by atoms with Crippen LogP contribution in [0.15, 0.2) is 22.7 Å². The van der Waals surface area contributed by atoms with Crippen molar-refractivity contribution in [3.8, 4) is 0 Å². The number of nitrogens with zero attached hydrogens (tertiary/aromatic N) is 2. The molecular weight excluding hydrogens is 298 g/mol. The molecule has 6 heteroatoms. The first-order valence-corrected chi connectivity index (χ1v) is 6.59. The van der Waals surface area contributed by atoms with Gasteiger partial charge in [-0.1, -0.05) is 12.1 Å². The zero-order valence-corrected chi connectivity index (χ0v) is 12.2. The van der Waals surface area contributed by atoms with E-state index in [1.165, 1.54) is 6.07 Å². The molecule has 18 heavy (non-hydrogen) atoms. The summed E-state index contributed by atoms with van der Waals surface area (Å²) in [4.78, 5) is 12.5. The van der Waals surface area contributed by atoms with E-state index in [-0.39, 0.29) is 10.6 Å². The molecule has 1 aromatic carbocycles. The molecule has 1 aromatic rings. The van der Waals surface area contributed by atoms with Crippen molar-refractivity contribution in [2.24, 2.45) is 0 Å². The van der Waals surface area contributed by atoms with Gasteiger partial charge in [0.25, 0.3) is 5.69 Å². The highest BCUT2D eigenvalue weighted by atomic mass is 79.9. The van der Waals surface area contributed by atoms with Crippen LogP contribution in [0.25, 0.3) is 0 Å². The van der Waals surface area contributed by atoms with Gasteiger partial charge in [-0.2, -0.15) is 0 Å². The maximum Gasteiger partial charge on any atom is 0.283 e. The zero-order valence-electron chi connectivity index (χ0n) is 10.6. The monoisotopic (exact) mass is 315 g/mol. The largest absolute Gasteiger partial charge is 0.313 e. The molecule has 0 aliphatic carbocycles. The van der Waals surface area contributed by atoms with Crippen molar-refractivity contribution in [3.63, 3.8) is 0 Å². The Morgan fingerprint density at radius 2 is 2.17 bits per heavy atom. The molecule has 0 atom stereocenters. The summed E-state index contributed by atoms with van der Waals surface area (Å²) in [5.74, 6) is 0. The maximum atomic E-state index is 10.8. The van der Waals surface area contributed by atoms with E-state index < -0.39 is 0 Å². The van der Waals surface area contributed by atoms with Crippen molar-refractivity contribution < 1.29 is 4.92 Å². The molecule has 0 heterocycles. The Balaban J connectivity index is 2.48. The Bertz CT molecular complexity index is 410. The lowest BCUT2D eigenvalue weighted by Crippen LogP contribution is -2.21. The van der Waals surface area contributed by atoms with E-state index in [1.54, 1.807) is 6.07 Å². The lowest BCUT2D eigenvalue weighted by molar-refractivity contribution is -0.385. The van der Waals surface area contributed by atoms with Crippen LogP contribution in [-0.4, -0.2) is 37.0 Å². The third-order valence-electron chi connectivity index (χ3n) is 2.53. The molecule has 1 N–H and O–H groups in total. The summed E-state index contributed by atoms with van der Waals surface area (Å²) in [6.45, 7) is 2.56. The number of nitrogens with one attached hydrogen (secondary N) is 1. The summed E-state index contributed by atoms with van der Waals surface area (Å²) in [5, 5.41) is 14.1. The number of hydrogen-bond donors (Lipinski definition) is 1. The van der Waals surface area contributed by atoms with Crippen LogP contribution in [0, 0.1) is 10.1 Å². The van der Waals surface area contributed by atoms with Gasteiger partial charge in [0, 0.05) is 12.6 Å². The summed E-state index contributed by atoms with van der Waals surface area (Å²) >= 11 is 3.28. The number of halogens is 1. The number of nitro benzene ring substituents is 1. The van der Waals surface area contributed by atoms with Gasteiger partial charge in [0.15, 0.2) is 0 Å². The summed E-state index contributed by atoms with van der Waals surface area (Å²) in [7, 11) is 4.08. The van der Waals surface area contributed by atoms with Gasteiger partial charge in [0.2, 0.25) is 0 Å². The number of nitro groups is 1. The first kappa shape index (κ1) is 15.1. The minimum absolute atomic E-state index is 0.114. The van der Waals surface area contributed by atoms with Gasteiger partial charge in [-0.25, -0.2) is 0 Å². The number of hydrogen-bond acceptors (Lipinski definition) is 4. The maximum absolute atomic E-state index is 10.8. The lowest BCUT2D eigenvalue weighted by atomic mass is 10.2. The van der Waals surface area contributed by atoms with Gasteiger partial charge in [-0.3, -0.25) is 10.1 Å². The average Bonchev–Trinajstić information content (AvgIpc) is 2.30. The molecule has 0 saturated heterocycles. The fraction of sp³-hybridized carbons (Fsp3) is 0.500. The van der Waals surface area contributed by atoms with Crippen LogP contribution in [-0.2, 0) is 6.54 Å². The van der Waals surface area contributed by atoms with Gasteiger partial charge < -0.3 is 10.2 Å². The van der Waals surface area contributed by atoms with Gasteiger partial charge in [-0.15, -0.1) is 0 Å². The molecule has 0 aliphatic heterocycles. The first-order chi connectivity index (χ1) is 8.52. The third kappa shape index (κ3) is 4.72. The molecule has 0 spiro atoms. The fourth-order valence-electron chi connectivity index (χ4n) is 1.59. The minimum atomic E-state index is -0.375. The average molecular weight is 316 g/mol. The summed E-state index contributed by atoms with van der Waals surface area (Å²) in [6.07, 6.45) is 1.06. The SMILES string of the molecule is CN(C)CCCNCc1cccc([N+](=O)[O-])c1Br. The summed E-state index contributed by atoms with van der Waals surface area (Å²) < 4.78 is 0.565. The topological polar surface area (TPSA) is 58.4 Å². The molecule has 0 saturated carbocycles. The van der Waals surface area contributed by atoms with E-state index >= 15 is 0 Å². The fourth-order valence-corrected chi connectivity index (χ4v) is 2.14. The van der Waals surface area contributed by atoms with E-state index in [1.807, 2.05) is 20.2 Å². The van der Waals surface area contributed by atoms with Crippen molar-refractivity contribution in [1.82, 2.24) is 10.2 Å². The van der Waals surface area contributed by atoms with E-state index in [4.69, 9.17) is 0 Å². The van der Waals surface area contributed by atoms with Crippen LogP contribution in [0.1, 0.15) is 12.0 Å². The Morgan fingerprint density at radius 1 is 1.44 bits per heavy atom. The second-order valence-electron chi connectivity index (χ2n) is 4.34. The quantitative estimate of drug-likeness (QED) is 0.477. The molecule has 0 aromatic heterocycles. The molecule has 0 aliphatic rings. The highest BCUT2D eigenvalue weighted by molar-refractivity contribution is 9.10. The molecular formula is C12H18BrN3O2. The Kier molecular flexibility index (Phi) is 6.24. The Hall–Kier alpha value is -0.980. The normalized spacial score (nSPS) is 10.9. The Morgan fingerprint density at radius 3 is 2.78 bits per heavy atom. The summed E-state index contributed by atoms with van der Waals surface area (Å²) in [6, 6.07) is 5.09.